The fraction of sp³-hybridized carbons (Fsp3) is 0.300. The van der Waals surface area contributed by atoms with Crippen LogP contribution in [-0.2, 0) is 12.0 Å². The minimum atomic E-state index is -0.887. The van der Waals surface area contributed by atoms with E-state index in [0.29, 0.717) is 37.5 Å². The van der Waals surface area contributed by atoms with Gasteiger partial charge >= 0.3 is 6.09 Å². The van der Waals surface area contributed by atoms with Crippen molar-refractivity contribution < 1.29 is 9.90 Å². The number of halogens is 1. The largest absolute Gasteiger partial charge is 0.465 e. The lowest BCUT2D eigenvalue weighted by molar-refractivity contribution is 0.120. The molecule has 144 valence electrons. The van der Waals surface area contributed by atoms with Gasteiger partial charge in [-0.05, 0) is 46.5 Å². The van der Waals surface area contributed by atoms with Crippen LogP contribution in [-0.4, -0.2) is 49.4 Å². The van der Waals surface area contributed by atoms with Gasteiger partial charge in [-0.2, -0.15) is 0 Å². The highest BCUT2D eigenvalue weighted by atomic mass is 35.5. The molecule has 2 aromatic carbocycles. The second-order valence-electron chi connectivity index (χ2n) is 7.00. The van der Waals surface area contributed by atoms with E-state index in [1.165, 1.54) is 4.90 Å². The van der Waals surface area contributed by atoms with Crippen molar-refractivity contribution in [3.8, 4) is 0 Å². The van der Waals surface area contributed by atoms with Crippen LogP contribution < -0.4 is 0 Å². The number of piperidine rings is 1. The molecule has 0 bridgehead atoms. The van der Waals surface area contributed by atoms with Crippen molar-refractivity contribution in [3.05, 3.63) is 76.6 Å². The maximum Gasteiger partial charge on any atom is 0.407 e. The van der Waals surface area contributed by atoms with Crippen molar-refractivity contribution in [2.45, 2.75) is 24.8 Å². The van der Waals surface area contributed by atoms with Crippen LogP contribution in [0.25, 0.3) is 0 Å². The van der Waals surface area contributed by atoms with E-state index in [0.717, 1.165) is 17.0 Å². The normalized spacial score (nSPS) is 16.1. The summed E-state index contributed by atoms with van der Waals surface area (Å²) in [5, 5.41) is 22.6. The molecular weight excluding hydrogens is 378 g/mol. The second kappa shape index (κ2) is 7.59. The predicted molar refractivity (Wildman–Crippen MR) is 104 cm³/mol. The molecule has 0 spiro atoms. The summed E-state index contributed by atoms with van der Waals surface area (Å²) in [6.45, 7) is 1.41. The minimum absolute atomic E-state index is 0.427. The summed E-state index contributed by atoms with van der Waals surface area (Å²) in [5.74, 6) is 0.763. The van der Waals surface area contributed by atoms with Gasteiger partial charge in [0.2, 0.25) is 0 Å². The number of carbonyl (C=O) groups is 1. The van der Waals surface area contributed by atoms with Crippen LogP contribution in [0, 0.1) is 0 Å². The first-order valence-electron chi connectivity index (χ1n) is 9.13. The number of amides is 1. The highest BCUT2D eigenvalue weighted by Gasteiger charge is 2.43. The third-order valence-corrected chi connectivity index (χ3v) is 5.67. The first-order chi connectivity index (χ1) is 13.6. The number of rotatable bonds is 4. The van der Waals surface area contributed by atoms with Gasteiger partial charge in [-0.1, -0.05) is 54.1 Å². The lowest BCUT2D eigenvalue weighted by Gasteiger charge is -2.40. The molecule has 1 aromatic heterocycles. The molecule has 0 atom stereocenters. The summed E-state index contributed by atoms with van der Waals surface area (Å²) in [6, 6.07) is 17.7. The number of nitrogens with zero attached hydrogens (tertiary/aromatic N) is 5. The first-order valence-corrected chi connectivity index (χ1v) is 9.51. The van der Waals surface area contributed by atoms with Gasteiger partial charge in [0.1, 0.15) is 0 Å². The summed E-state index contributed by atoms with van der Waals surface area (Å²) < 4.78 is 1.81. The van der Waals surface area contributed by atoms with Gasteiger partial charge in [0.25, 0.3) is 0 Å². The molecule has 4 rings (SSSR count). The molecule has 7 nitrogen and oxygen atoms in total. The van der Waals surface area contributed by atoms with Crippen LogP contribution in [0.4, 0.5) is 4.79 Å². The van der Waals surface area contributed by atoms with Crippen LogP contribution >= 0.6 is 11.6 Å². The summed E-state index contributed by atoms with van der Waals surface area (Å²) in [6.07, 6.45) is 0.372. The van der Waals surface area contributed by atoms with Crippen LogP contribution in [0.2, 0.25) is 5.02 Å². The summed E-state index contributed by atoms with van der Waals surface area (Å²) >= 11 is 5.99. The molecule has 1 amide bonds. The van der Waals surface area contributed by atoms with Gasteiger partial charge in [-0.3, -0.25) is 0 Å². The Hall–Kier alpha value is -2.93. The van der Waals surface area contributed by atoms with E-state index in [9.17, 15) is 9.90 Å². The van der Waals surface area contributed by atoms with Crippen molar-refractivity contribution in [3.63, 3.8) is 0 Å². The monoisotopic (exact) mass is 397 g/mol. The zero-order valence-corrected chi connectivity index (χ0v) is 16.0. The lowest BCUT2D eigenvalue weighted by atomic mass is 9.72. The van der Waals surface area contributed by atoms with Crippen LogP contribution in [0.3, 0.4) is 0 Å². The number of tetrazole rings is 1. The molecule has 28 heavy (non-hydrogen) atoms. The average Bonchev–Trinajstić information content (AvgIpc) is 3.19. The van der Waals surface area contributed by atoms with Crippen molar-refractivity contribution >= 4 is 17.7 Å². The standard InChI is InChI=1S/C20H20ClN5O2/c21-17-8-6-15(7-9-17)14-26-18(22-23-24-26)20(16-4-2-1-3-5-16)10-12-25(13-11-20)19(27)28/h1-9H,10-14H2,(H,27,28). The van der Waals surface area contributed by atoms with E-state index in [1.807, 2.05) is 47.1 Å². The number of likely N-dealkylation sites (tertiary alicyclic amines) is 1. The van der Waals surface area contributed by atoms with Crippen molar-refractivity contribution in [1.29, 1.82) is 0 Å². The highest BCUT2D eigenvalue weighted by molar-refractivity contribution is 6.30. The van der Waals surface area contributed by atoms with Gasteiger partial charge in [-0.25, -0.2) is 9.48 Å². The smallest absolute Gasteiger partial charge is 0.407 e. The molecule has 1 aliphatic heterocycles. The highest BCUT2D eigenvalue weighted by Crippen LogP contribution is 2.40. The van der Waals surface area contributed by atoms with Gasteiger partial charge in [0.15, 0.2) is 5.82 Å². The van der Waals surface area contributed by atoms with Crippen molar-refractivity contribution in [2.24, 2.45) is 0 Å². The molecule has 0 radical (unpaired) electrons. The molecule has 8 heteroatoms. The Labute approximate surface area is 167 Å². The number of hydrogen-bond acceptors (Lipinski definition) is 4. The van der Waals surface area contributed by atoms with E-state index < -0.39 is 11.5 Å². The Kier molecular flexibility index (Phi) is 5.00. The molecule has 1 aliphatic rings. The third-order valence-electron chi connectivity index (χ3n) is 5.42. The van der Waals surface area contributed by atoms with E-state index in [1.54, 1.807) is 0 Å². The molecule has 3 aromatic rings. The SMILES string of the molecule is O=C(O)N1CCC(c2ccccc2)(c2nnnn2Cc2ccc(Cl)cc2)CC1. The van der Waals surface area contributed by atoms with E-state index >= 15 is 0 Å². The number of carboxylic acid groups (broad SMARTS) is 1. The molecule has 1 N–H and O–H groups in total. The van der Waals surface area contributed by atoms with E-state index in [4.69, 9.17) is 11.6 Å². The van der Waals surface area contributed by atoms with Crippen LogP contribution in [0.5, 0.6) is 0 Å². The molecular formula is C20H20ClN5O2. The molecule has 0 unspecified atom stereocenters. The quantitative estimate of drug-likeness (QED) is 0.729. The molecule has 0 saturated carbocycles. The van der Waals surface area contributed by atoms with Gasteiger partial charge in [0, 0.05) is 18.1 Å². The number of benzene rings is 2. The summed E-state index contributed by atoms with van der Waals surface area (Å²) in [5.41, 5.74) is 1.72. The number of aromatic nitrogens is 4. The summed E-state index contributed by atoms with van der Waals surface area (Å²) in [7, 11) is 0. The molecule has 2 heterocycles. The Morgan fingerprint density at radius 1 is 1.07 bits per heavy atom. The van der Waals surface area contributed by atoms with E-state index in [-0.39, 0.29) is 0 Å². The van der Waals surface area contributed by atoms with Crippen molar-refractivity contribution in [1.82, 2.24) is 25.1 Å². The van der Waals surface area contributed by atoms with Crippen LogP contribution in [0.15, 0.2) is 54.6 Å². The Morgan fingerprint density at radius 3 is 2.39 bits per heavy atom. The van der Waals surface area contributed by atoms with E-state index in [2.05, 4.69) is 27.7 Å². The third kappa shape index (κ3) is 3.45. The topological polar surface area (TPSA) is 84.1 Å². The zero-order valence-electron chi connectivity index (χ0n) is 15.2. The molecule has 0 aliphatic carbocycles. The fourth-order valence-corrected chi connectivity index (χ4v) is 4.02. The van der Waals surface area contributed by atoms with Crippen molar-refractivity contribution in [2.75, 3.05) is 13.1 Å². The predicted octanol–water partition coefficient (Wildman–Crippen LogP) is 3.43. The molecule has 1 fully saturated rings. The van der Waals surface area contributed by atoms with Gasteiger partial charge < -0.3 is 10.0 Å². The zero-order chi connectivity index (χ0) is 19.6. The maximum absolute atomic E-state index is 11.4. The fourth-order valence-electron chi connectivity index (χ4n) is 3.89. The van der Waals surface area contributed by atoms with Crippen LogP contribution in [0.1, 0.15) is 29.8 Å². The Morgan fingerprint density at radius 2 is 1.75 bits per heavy atom. The van der Waals surface area contributed by atoms with Gasteiger partial charge in [-0.15, -0.1) is 5.10 Å². The molecule has 1 saturated heterocycles. The Bertz CT molecular complexity index is 950. The lowest BCUT2D eigenvalue weighted by Crippen LogP contribution is -2.46. The first kappa shape index (κ1) is 18.4. The Balaban J connectivity index is 1.72. The minimum Gasteiger partial charge on any atom is -0.465 e. The van der Waals surface area contributed by atoms with Gasteiger partial charge in [0.05, 0.1) is 12.0 Å². The maximum atomic E-state index is 11.4. The summed E-state index contributed by atoms with van der Waals surface area (Å²) in [4.78, 5) is 12.8. The average molecular weight is 398 g/mol. The second-order valence-corrected chi connectivity index (χ2v) is 7.44. The number of hydrogen-bond donors (Lipinski definition) is 1.